The average Bonchev–Trinajstić information content (AvgIpc) is 2.43. The second-order valence-corrected chi connectivity index (χ2v) is 7.41. The zero-order valence-corrected chi connectivity index (χ0v) is 14.4. The van der Waals surface area contributed by atoms with Gasteiger partial charge in [0.2, 0.25) is 0 Å². The maximum atomic E-state index is 11.1. The van der Waals surface area contributed by atoms with Crippen LogP contribution in [0.1, 0.15) is 36.6 Å². The van der Waals surface area contributed by atoms with Crippen LogP contribution >= 0.6 is 0 Å². The third kappa shape index (κ3) is 2.64. The van der Waals surface area contributed by atoms with Gasteiger partial charge < -0.3 is 14.7 Å². The van der Waals surface area contributed by atoms with Crippen LogP contribution in [-0.4, -0.2) is 59.8 Å². The van der Waals surface area contributed by atoms with E-state index in [-0.39, 0.29) is 6.04 Å². The van der Waals surface area contributed by atoms with Crippen molar-refractivity contribution in [3.05, 3.63) is 28.8 Å². The van der Waals surface area contributed by atoms with E-state index in [9.17, 15) is 5.11 Å². The molecule has 0 bridgehead atoms. The fraction of sp³-hybridized carbons (Fsp3) is 0.667. The number of aliphatic hydroxyl groups excluding tert-OH is 1. The Morgan fingerprint density at radius 2 is 1.68 bits per heavy atom. The van der Waals surface area contributed by atoms with E-state index >= 15 is 0 Å². The molecule has 1 saturated heterocycles. The molecule has 1 aromatic carbocycles. The lowest BCUT2D eigenvalue weighted by molar-refractivity contribution is -0.0919. The SMILES string of the molecule is Cc1cc2c(cc1C)C(O)C(N1CCN(C)CC1)C(C)(C)O2. The largest absolute Gasteiger partial charge is 0.486 e. The van der Waals surface area contributed by atoms with Crippen molar-refractivity contribution in [2.45, 2.75) is 45.4 Å². The third-order valence-electron chi connectivity index (χ3n) is 5.26. The first-order valence-electron chi connectivity index (χ1n) is 8.20. The van der Waals surface area contributed by atoms with Crippen LogP contribution in [0.5, 0.6) is 5.75 Å². The Labute approximate surface area is 133 Å². The number of ether oxygens (including phenoxy) is 1. The minimum Gasteiger partial charge on any atom is -0.486 e. The van der Waals surface area contributed by atoms with Crippen molar-refractivity contribution < 1.29 is 9.84 Å². The predicted molar refractivity (Wildman–Crippen MR) is 88.4 cm³/mol. The van der Waals surface area contributed by atoms with Gasteiger partial charge >= 0.3 is 0 Å². The molecular weight excluding hydrogens is 276 g/mol. The fourth-order valence-corrected chi connectivity index (χ4v) is 3.77. The molecular formula is C18H28N2O2. The molecule has 3 rings (SSSR count). The van der Waals surface area contributed by atoms with Gasteiger partial charge in [-0.05, 0) is 58.0 Å². The second kappa shape index (κ2) is 5.52. The Morgan fingerprint density at radius 3 is 2.32 bits per heavy atom. The number of nitrogens with zero attached hydrogens (tertiary/aromatic N) is 2. The monoisotopic (exact) mass is 304 g/mol. The highest BCUT2D eigenvalue weighted by Gasteiger charge is 2.46. The maximum Gasteiger partial charge on any atom is 0.126 e. The number of aliphatic hydroxyl groups is 1. The van der Waals surface area contributed by atoms with E-state index in [0.717, 1.165) is 37.5 Å². The molecule has 4 nitrogen and oxygen atoms in total. The maximum absolute atomic E-state index is 11.1. The van der Waals surface area contributed by atoms with E-state index in [1.54, 1.807) is 0 Å². The summed E-state index contributed by atoms with van der Waals surface area (Å²) in [5.74, 6) is 0.839. The molecule has 22 heavy (non-hydrogen) atoms. The summed E-state index contributed by atoms with van der Waals surface area (Å²) >= 11 is 0. The number of likely N-dealkylation sites (N-methyl/N-ethyl adjacent to an activating group) is 1. The predicted octanol–water partition coefficient (Wildman–Crippen LogP) is 2.12. The van der Waals surface area contributed by atoms with Gasteiger partial charge in [-0.1, -0.05) is 0 Å². The molecule has 2 heterocycles. The summed E-state index contributed by atoms with van der Waals surface area (Å²) < 4.78 is 6.30. The van der Waals surface area contributed by atoms with E-state index in [4.69, 9.17) is 4.74 Å². The summed E-state index contributed by atoms with van der Waals surface area (Å²) in [6.07, 6.45) is -0.499. The van der Waals surface area contributed by atoms with Crippen molar-refractivity contribution in [2.24, 2.45) is 0 Å². The number of hydrogen-bond donors (Lipinski definition) is 1. The molecule has 0 radical (unpaired) electrons. The summed E-state index contributed by atoms with van der Waals surface area (Å²) in [6.45, 7) is 12.4. The first-order chi connectivity index (χ1) is 10.3. The highest BCUT2D eigenvalue weighted by molar-refractivity contribution is 5.46. The molecule has 0 aliphatic carbocycles. The summed E-state index contributed by atoms with van der Waals surface area (Å²) in [5, 5.41) is 11.1. The third-order valence-corrected chi connectivity index (χ3v) is 5.26. The minimum atomic E-state index is -0.499. The van der Waals surface area contributed by atoms with Crippen molar-refractivity contribution in [1.82, 2.24) is 9.80 Å². The quantitative estimate of drug-likeness (QED) is 0.862. The zero-order chi connectivity index (χ0) is 16.1. The molecule has 1 aromatic rings. The molecule has 0 aromatic heterocycles. The number of benzene rings is 1. The fourth-order valence-electron chi connectivity index (χ4n) is 3.77. The molecule has 122 valence electrons. The Hall–Kier alpha value is -1.10. The summed E-state index contributed by atoms with van der Waals surface area (Å²) in [5.41, 5.74) is 2.95. The molecule has 2 aliphatic rings. The first-order valence-corrected chi connectivity index (χ1v) is 8.20. The van der Waals surface area contributed by atoms with E-state index in [2.05, 4.69) is 56.7 Å². The molecule has 2 atom stereocenters. The minimum absolute atomic E-state index is 0.00388. The van der Waals surface area contributed by atoms with Gasteiger partial charge in [-0.25, -0.2) is 0 Å². The number of fused-ring (bicyclic) bond motifs is 1. The first kappa shape index (κ1) is 15.8. The molecule has 0 amide bonds. The Balaban J connectivity index is 1.95. The van der Waals surface area contributed by atoms with Crippen LogP contribution in [0.3, 0.4) is 0 Å². The van der Waals surface area contributed by atoms with Gasteiger partial charge in [0.05, 0.1) is 6.04 Å². The standard InChI is InChI=1S/C18H28N2O2/c1-12-10-14-15(11-13(12)2)22-18(3,4)17(16(14)21)20-8-6-19(5)7-9-20/h10-11,16-17,21H,6-9H2,1-5H3. The molecule has 1 fully saturated rings. The van der Waals surface area contributed by atoms with Crippen LogP contribution in [0.15, 0.2) is 12.1 Å². The average molecular weight is 304 g/mol. The summed E-state index contributed by atoms with van der Waals surface area (Å²) in [6, 6.07) is 4.15. The van der Waals surface area contributed by atoms with Gasteiger partial charge in [0.1, 0.15) is 17.5 Å². The van der Waals surface area contributed by atoms with Gasteiger partial charge in [-0.2, -0.15) is 0 Å². The van der Waals surface area contributed by atoms with Gasteiger partial charge in [-0.3, -0.25) is 4.90 Å². The zero-order valence-electron chi connectivity index (χ0n) is 14.4. The van der Waals surface area contributed by atoms with Crippen molar-refractivity contribution in [3.63, 3.8) is 0 Å². The molecule has 0 saturated carbocycles. The molecule has 2 unspecified atom stereocenters. The Kier molecular flexibility index (Phi) is 3.96. The number of aryl methyl sites for hydroxylation is 2. The van der Waals surface area contributed by atoms with Crippen molar-refractivity contribution in [2.75, 3.05) is 33.2 Å². The van der Waals surface area contributed by atoms with E-state index < -0.39 is 11.7 Å². The van der Waals surface area contributed by atoms with Crippen molar-refractivity contribution in [3.8, 4) is 5.75 Å². The second-order valence-electron chi connectivity index (χ2n) is 7.41. The van der Waals surface area contributed by atoms with Gasteiger partial charge in [0.15, 0.2) is 0 Å². The topological polar surface area (TPSA) is 35.9 Å². The van der Waals surface area contributed by atoms with Crippen LogP contribution in [0.2, 0.25) is 0 Å². The smallest absolute Gasteiger partial charge is 0.126 e. The van der Waals surface area contributed by atoms with Crippen LogP contribution in [0, 0.1) is 13.8 Å². The highest BCUT2D eigenvalue weighted by Crippen LogP contribution is 2.43. The van der Waals surface area contributed by atoms with Crippen LogP contribution in [-0.2, 0) is 0 Å². The number of hydrogen-bond acceptors (Lipinski definition) is 4. The lowest BCUT2D eigenvalue weighted by atomic mass is 9.83. The van der Waals surface area contributed by atoms with Gasteiger partial charge in [0, 0.05) is 31.7 Å². The lowest BCUT2D eigenvalue weighted by Gasteiger charge is -2.50. The van der Waals surface area contributed by atoms with E-state index in [1.165, 1.54) is 11.1 Å². The van der Waals surface area contributed by atoms with Crippen molar-refractivity contribution >= 4 is 0 Å². The van der Waals surface area contributed by atoms with Gasteiger partial charge in [-0.15, -0.1) is 0 Å². The van der Waals surface area contributed by atoms with Crippen LogP contribution < -0.4 is 4.74 Å². The number of rotatable bonds is 1. The molecule has 2 aliphatic heterocycles. The summed E-state index contributed by atoms with van der Waals surface area (Å²) in [4.78, 5) is 4.73. The number of piperazine rings is 1. The summed E-state index contributed by atoms with van der Waals surface area (Å²) in [7, 11) is 2.15. The lowest BCUT2D eigenvalue weighted by Crippen LogP contribution is -2.61. The van der Waals surface area contributed by atoms with E-state index in [1.807, 2.05) is 0 Å². The van der Waals surface area contributed by atoms with Crippen LogP contribution in [0.4, 0.5) is 0 Å². The van der Waals surface area contributed by atoms with Crippen LogP contribution in [0.25, 0.3) is 0 Å². The molecule has 4 heteroatoms. The van der Waals surface area contributed by atoms with Crippen molar-refractivity contribution in [1.29, 1.82) is 0 Å². The van der Waals surface area contributed by atoms with Gasteiger partial charge in [0.25, 0.3) is 0 Å². The molecule has 1 N–H and O–H groups in total. The Morgan fingerprint density at radius 1 is 1.09 bits per heavy atom. The Bertz CT molecular complexity index is 562. The molecule has 0 spiro atoms. The van der Waals surface area contributed by atoms with E-state index in [0.29, 0.717) is 0 Å². The normalized spacial score (nSPS) is 29.0. The highest BCUT2D eigenvalue weighted by atomic mass is 16.5.